The summed E-state index contributed by atoms with van der Waals surface area (Å²) in [5.74, 6) is 1.18. The Balaban J connectivity index is 1.44. The molecule has 0 radical (unpaired) electrons. The van der Waals surface area contributed by atoms with E-state index in [1.165, 1.54) is 11.3 Å². The molecule has 1 N–H and O–H groups in total. The molecule has 10 heteroatoms. The standard InChI is InChI=1S/C22H30N8O2/c1-3-30-16(2)18(13-26-30)15-29-11-4-5-17(6-8-25-20(31)7-12-29)22-27-21(28-32-22)19-14-23-9-10-24-19/h9-10,13-14,17H,3-8,11-12,15H2,1-2H3,(H,25,31). The average Bonchev–Trinajstić information content (AvgIpc) is 3.43. The van der Waals surface area contributed by atoms with Gasteiger partial charge in [-0.15, -0.1) is 0 Å². The largest absolute Gasteiger partial charge is 0.356 e. The number of nitrogens with zero attached hydrogens (tertiary/aromatic N) is 7. The molecule has 1 atom stereocenters. The molecule has 4 rings (SSSR count). The van der Waals surface area contributed by atoms with Crippen LogP contribution in [0, 0.1) is 6.92 Å². The lowest BCUT2D eigenvalue weighted by atomic mass is 9.99. The average molecular weight is 439 g/mol. The van der Waals surface area contributed by atoms with Crippen molar-refractivity contribution in [2.24, 2.45) is 0 Å². The Morgan fingerprint density at radius 1 is 1.22 bits per heavy atom. The van der Waals surface area contributed by atoms with Gasteiger partial charge >= 0.3 is 0 Å². The minimum Gasteiger partial charge on any atom is -0.356 e. The summed E-state index contributed by atoms with van der Waals surface area (Å²) < 4.78 is 7.58. The fourth-order valence-corrected chi connectivity index (χ4v) is 4.08. The summed E-state index contributed by atoms with van der Waals surface area (Å²) in [7, 11) is 0. The normalized spacial score (nSPS) is 18.8. The number of carbonyl (C=O) groups excluding carboxylic acids is 1. The highest BCUT2D eigenvalue weighted by Crippen LogP contribution is 2.26. The highest BCUT2D eigenvalue weighted by atomic mass is 16.5. The third kappa shape index (κ3) is 5.37. The van der Waals surface area contributed by atoms with Gasteiger partial charge in [0.05, 0.1) is 12.4 Å². The maximum Gasteiger partial charge on any atom is 0.230 e. The third-order valence-electron chi connectivity index (χ3n) is 5.98. The number of amides is 1. The van der Waals surface area contributed by atoms with Crippen molar-refractivity contribution in [1.29, 1.82) is 0 Å². The number of carbonyl (C=O) groups is 1. The predicted molar refractivity (Wildman–Crippen MR) is 117 cm³/mol. The molecule has 0 saturated carbocycles. The van der Waals surface area contributed by atoms with Gasteiger partial charge < -0.3 is 9.84 Å². The molecule has 1 fully saturated rings. The number of nitrogens with one attached hydrogen (secondary N) is 1. The first-order valence-electron chi connectivity index (χ1n) is 11.2. The van der Waals surface area contributed by atoms with Crippen LogP contribution >= 0.6 is 0 Å². The molecule has 1 unspecified atom stereocenters. The van der Waals surface area contributed by atoms with Gasteiger partial charge in [-0.05, 0) is 39.7 Å². The maximum absolute atomic E-state index is 12.3. The quantitative estimate of drug-likeness (QED) is 0.645. The molecule has 170 valence electrons. The molecule has 1 amide bonds. The van der Waals surface area contributed by atoms with Crippen LogP contribution < -0.4 is 5.32 Å². The zero-order chi connectivity index (χ0) is 22.3. The molecule has 1 aliphatic heterocycles. The minimum absolute atomic E-state index is 0.0717. The summed E-state index contributed by atoms with van der Waals surface area (Å²) in [5, 5.41) is 11.6. The first kappa shape index (κ1) is 22.1. The van der Waals surface area contributed by atoms with Crippen LogP contribution in [0.1, 0.15) is 55.7 Å². The van der Waals surface area contributed by atoms with E-state index in [0.29, 0.717) is 30.4 Å². The summed E-state index contributed by atoms with van der Waals surface area (Å²) in [6.45, 7) is 8.06. The van der Waals surface area contributed by atoms with E-state index >= 15 is 0 Å². The predicted octanol–water partition coefficient (Wildman–Crippen LogP) is 2.33. The lowest BCUT2D eigenvalue weighted by Crippen LogP contribution is -2.31. The zero-order valence-electron chi connectivity index (χ0n) is 18.7. The fourth-order valence-electron chi connectivity index (χ4n) is 4.08. The Morgan fingerprint density at radius 2 is 2.12 bits per heavy atom. The molecule has 3 aromatic heterocycles. The molecule has 10 nitrogen and oxygen atoms in total. The van der Waals surface area contributed by atoms with Gasteiger partial charge in [0.1, 0.15) is 5.69 Å². The van der Waals surface area contributed by atoms with Crippen molar-refractivity contribution in [3.63, 3.8) is 0 Å². The highest BCUT2D eigenvalue weighted by molar-refractivity contribution is 5.76. The number of hydrogen-bond donors (Lipinski definition) is 1. The van der Waals surface area contributed by atoms with E-state index < -0.39 is 0 Å². The van der Waals surface area contributed by atoms with Crippen LogP contribution in [0.15, 0.2) is 29.3 Å². The molecule has 1 saturated heterocycles. The van der Waals surface area contributed by atoms with Crippen LogP contribution in [-0.2, 0) is 17.9 Å². The Kier molecular flexibility index (Phi) is 7.21. The number of aromatic nitrogens is 6. The smallest absolute Gasteiger partial charge is 0.230 e. The molecule has 4 heterocycles. The first-order chi connectivity index (χ1) is 15.6. The number of hydrogen-bond acceptors (Lipinski definition) is 8. The van der Waals surface area contributed by atoms with Crippen LogP contribution in [-0.4, -0.2) is 60.3 Å². The Bertz CT molecular complexity index is 1020. The van der Waals surface area contributed by atoms with E-state index in [4.69, 9.17) is 4.52 Å². The van der Waals surface area contributed by atoms with E-state index in [9.17, 15) is 4.79 Å². The van der Waals surface area contributed by atoms with Gasteiger partial charge in [-0.25, -0.2) is 4.98 Å². The molecule has 3 aromatic rings. The van der Waals surface area contributed by atoms with Crippen LogP contribution in [0.4, 0.5) is 0 Å². The molecule has 0 bridgehead atoms. The van der Waals surface area contributed by atoms with Crippen molar-refractivity contribution in [1.82, 2.24) is 40.1 Å². The lowest BCUT2D eigenvalue weighted by molar-refractivity contribution is -0.121. The van der Waals surface area contributed by atoms with Crippen molar-refractivity contribution in [3.8, 4) is 11.5 Å². The van der Waals surface area contributed by atoms with Crippen molar-refractivity contribution in [3.05, 3.63) is 41.9 Å². The molecular formula is C22H30N8O2. The zero-order valence-corrected chi connectivity index (χ0v) is 18.7. The molecule has 0 aliphatic carbocycles. The first-order valence-corrected chi connectivity index (χ1v) is 11.2. The van der Waals surface area contributed by atoms with Gasteiger partial charge in [-0.1, -0.05) is 5.16 Å². The van der Waals surface area contributed by atoms with Gasteiger partial charge in [0.15, 0.2) is 0 Å². The molecule has 32 heavy (non-hydrogen) atoms. The summed E-state index contributed by atoms with van der Waals surface area (Å²) in [4.78, 5) is 27.5. The topological polar surface area (TPSA) is 115 Å². The van der Waals surface area contributed by atoms with Crippen LogP contribution in [0.3, 0.4) is 0 Å². The molecular weight excluding hydrogens is 408 g/mol. The van der Waals surface area contributed by atoms with Crippen molar-refractivity contribution in [2.75, 3.05) is 19.6 Å². The second-order valence-electron chi connectivity index (χ2n) is 8.12. The maximum atomic E-state index is 12.3. The Morgan fingerprint density at radius 3 is 2.91 bits per heavy atom. The fraction of sp³-hybridized carbons (Fsp3) is 0.545. The van der Waals surface area contributed by atoms with Crippen molar-refractivity contribution in [2.45, 2.75) is 58.5 Å². The Hall–Kier alpha value is -3.14. The second-order valence-corrected chi connectivity index (χ2v) is 8.12. The summed E-state index contributed by atoms with van der Waals surface area (Å²) in [5.41, 5.74) is 2.98. The summed E-state index contributed by atoms with van der Waals surface area (Å²) in [6, 6.07) is 0. The summed E-state index contributed by atoms with van der Waals surface area (Å²) in [6.07, 6.45) is 9.90. The van der Waals surface area contributed by atoms with E-state index in [-0.39, 0.29) is 11.8 Å². The van der Waals surface area contributed by atoms with Crippen LogP contribution in [0.25, 0.3) is 11.5 Å². The SMILES string of the molecule is CCn1ncc(CN2CCCC(c3nc(-c4cnccn4)no3)CCNC(=O)CC2)c1C. The van der Waals surface area contributed by atoms with E-state index in [1.54, 1.807) is 18.6 Å². The van der Waals surface area contributed by atoms with Gasteiger partial charge in [-0.2, -0.15) is 10.1 Å². The van der Waals surface area contributed by atoms with Crippen LogP contribution in [0.2, 0.25) is 0 Å². The van der Waals surface area contributed by atoms with E-state index in [2.05, 4.69) is 49.3 Å². The molecule has 1 aliphatic rings. The van der Waals surface area contributed by atoms with Gasteiger partial charge in [0, 0.05) is 62.2 Å². The lowest BCUT2D eigenvalue weighted by Gasteiger charge is -2.22. The van der Waals surface area contributed by atoms with Crippen LogP contribution in [0.5, 0.6) is 0 Å². The minimum atomic E-state index is 0.0717. The van der Waals surface area contributed by atoms with Gasteiger partial charge in [-0.3, -0.25) is 19.4 Å². The monoisotopic (exact) mass is 438 g/mol. The van der Waals surface area contributed by atoms with E-state index in [1.807, 2.05) is 10.9 Å². The van der Waals surface area contributed by atoms with Crippen molar-refractivity contribution >= 4 is 5.91 Å². The third-order valence-corrected chi connectivity index (χ3v) is 5.98. The summed E-state index contributed by atoms with van der Waals surface area (Å²) >= 11 is 0. The highest BCUT2D eigenvalue weighted by Gasteiger charge is 2.22. The molecule has 0 spiro atoms. The van der Waals surface area contributed by atoms with Crippen molar-refractivity contribution < 1.29 is 9.32 Å². The second kappa shape index (κ2) is 10.4. The number of rotatable bonds is 5. The van der Waals surface area contributed by atoms with Gasteiger partial charge in [0.25, 0.3) is 0 Å². The number of aryl methyl sites for hydroxylation is 1. The van der Waals surface area contributed by atoms with Gasteiger partial charge in [0.2, 0.25) is 17.6 Å². The Labute approximate surface area is 187 Å². The van der Waals surface area contributed by atoms with E-state index in [0.717, 1.165) is 45.4 Å². The molecule has 0 aromatic carbocycles.